The molecule has 4 N–H and O–H groups in total. The highest BCUT2D eigenvalue weighted by atomic mass is 19.1. The van der Waals surface area contributed by atoms with Crippen LogP contribution >= 0.6 is 0 Å². The summed E-state index contributed by atoms with van der Waals surface area (Å²) < 4.78 is 12.8. The normalized spacial score (nSPS) is 20.5. The minimum atomic E-state index is -0.294. The van der Waals surface area contributed by atoms with Crippen molar-refractivity contribution in [3.05, 3.63) is 24.0 Å². The van der Waals surface area contributed by atoms with Crippen molar-refractivity contribution in [1.29, 1.82) is 0 Å². The lowest BCUT2D eigenvalue weighted by molar-refractivity contribution is 0.626. The van der Waals surface area contributed by atoms with E-state index in [4.69, 9.17) is 5.73 Å². The number of nitrogens with one attached hydrogen (secondary N) is 2. The third-order valence-electron chi connectivity index (χ3n) is 2.71. The summed E-state index contributed by atoms with van der Waals surface area (Å²) in [6.45, 7) is 1.93. The van der Waals surface area contributed by atoms with Crippen LogP contribution in [0.4, 0.5) is 15.8 Å². The van der Waals surface area contributed by atoms with Gasteiger partial charge in [-0.1, -0.05) is 0 Å². The summed E-state index contributed by atoms with van der Waals surface area (Å²) in [7, 11) is 0. The van der Waals surface area contributed by atoms with E-state index < -0.39 is 0 Å². The molecule has 1 unspecified atom stereocenters. The van der Waals surface area contributed by atoms with Gasteiger partial charge in [0.1, 0.15) is 5.82 Å². The highest BCUT2D eigenvalue weighted by Gasteiger charge is 2.13. The molecule has 0 amide bonds. The van der Waals surface area contributed by atoms with Gasteiger partial charge in [0.2, 0.25) is 0 Å². The SMILES string of the molecule is Nc1cc(F)ccc1NCC1CCCN1. The van der Waals surface area contributed by atoms with Crippen LogP contribution in [0.15, 0.2) is 18.2 Å². The smallest absolute Gasteiger partial charge is 0.125 e. The maximum Gasteiger partial charge on any atom is 0.125 e. The maximum atomic E-state index is 12.8. The molecule has 1 aromatic carbocycles. The zero-order valence-corrected chi connectivity index (χ0v) is 8.59. The maximum absolute atomic E-state index is 12.8. The van der Waals surface area contributed by atoms with E-state index in [1.165, 1.54) is 25.0 Å². The standard InChI is InChI=1S/C11H16FN3/c12-8-3-4-11(10(13)6-8)15-7-9-2-1-5-14-9/h3-4,6,9,14-15H,1-2,5,7,13H2. The number of hydrogen-bond acceptors (Lipinski definition) is 3. The zero-order valence-electron chi connectivity index (χ0n) is 8.59. The molecule has 0 radical (unpaired) electrons. The Bertz CT molecular complexity index is 335. The van der Waals surface area contributed by atoms with Gasteiger partial charge in [-0.2, -0.15) is 0 Å². The van der Waals surface area contributed by atoms with Crippen molar-refractivity contribution < 1.29 is 4.39 Å². The van der Waals surface area contributed by atoms with Crippen molar-refractivity contribution in [2.75, 3.05) is 24.1 Å². The van der Waals surface area contributed by atoms with E-state index in [-0.39, 0.29) is 5.82 Å². The second-order valence-electron chi connectivity index (χ2n) is 3.91. The monoisotopic (exact) mass is 209 g/mol. The van der Waals surface area contributed by atoms with Gasteiger partial charge in [-0.25, -0.2) is 4.39 Å². The average Bonchev–Trinajstić information content (AvgIpc) is 2.69. The lowest BCUT2D eigenvalue weighted by atomic mass is 10.2. The van der Waals surface area contributed by atoms with Crippen LogP contribution in [-0.2, 0) is 0 Å². The molecule has 3 nitrogen and oxygen atoms in total. The number of anilines is 2. The fourth-order valence-corrected chi connectivity index (χ4v) is 1.86. The molecule has 0 spiro atoms. The van der Waals surface area contributed by atoms with Gasteiger partial charge in [-0.15, -0.1) is 0 Å². The van der Waals surface area contributed by atoms with Crippen LogP contribution < -0.4 is 16.4 Å². The topological polar surface area (TPSA) is 50.1 Å². The summed E-state index contributed by atoms with van der Waals surface area (Å²) in [5.41, 5.74) is 6.96. The van der Waals surface area contributed by atoms with Crippen molar-refractivity contribution >= 4 is 11.4 Å². The van der Waals surface area contributed by atoms with E-state index in [1.807, 2.05) is 0 Å². The molecule has 1 aromatic rings. The molecule has 1 atom stereocenters. The summed E-state index contributed by atoms with van der Waals surface area (Å²) >= 11 is 0. The highest BCUT2D eigenvalue weighted by molar-refractivity contribution is 5.65. The first kappa shape index (κ1) is 10.2. The molecule has 0 bridgehead atoms. The van der Waals surface area contributed by atoms with Crippen molar-refractivity contribution in [1.82, 2.24) is 5.32 Å². The lowest BCUT2D eigenvalue weighted by Gasteiger charge is -2.14. The van der Waals surface area contributed by atoms with Crippen LogP contribution in [-0.4, -0.2) is 19.1 Å². The molecule has 4 heteroatoms. The van der Waals surface area contributed by atoms with Crippen molar-refractivity contribution in [3.8, 4) is 0 Å². The van der Waals surface area contributed by atoms with E-state index in [0.717, 1.165) is 18.8 Å². The molecule has 0 aliphatic carbocycles. The number of rotatable bonds is 3. The molecule has 0 saturated carbocycles. The summed E-state index contributed by atoms with van der Waals surface area (Å²) in [5, 5.41) is 6.61. The highest BCUT2D eigenvalue weighted by Crippen LogP contribution is 2.19. The number of nitrogen functional groups attached to an aromatic ring is 1. The van der Waals surface area contributed by atoms with Crippen LogP contribution in [0.25, 0.3) is 0 Å². The Morgan fingerprint density at radius 3 is 3.07 bits per heavy atom. The Balaban J connectivity index is 1.92. The summed E-state index contributed by atoms with van der Waals surface area (Å²) in [5.74, 6) is -0.294. The Morgan fingerprint density at radius 1 is 1.53 bits per heavy atom. The van der Waals surface area contributed by atoms with Crippen LogP contribution in [0.5, 0.6) is 0 Å². The van der Waals surface area contributed by atoms with E-state index in [1.54, 1.807) is 6.07 Å². The van der Waals surface area contributed by atoms with Gasteiger partial charge >= 0.3 is 0 Å². The minimum absolute atomic E-state index is 0.294. The van der Waals surface area contributed by atoms with Crippen LogP contribution in [0.1, 0.15) is 12.8 Å². The molecule has 2 rings (SSSR count). The minimum Gasteiger partial charge on any atom is -0.397 e. The van der Waals surface area contributed by atoms with Gasteiger partial charge in [0.25, 0.3) is 0 Å². The number of nitrogens with two attached hydrogens (primary N) is 1. The predicted octanol–water partition coefficient (Wildman–Crippen LogP) is 1.57. The first-order valence-corrected chi connectivity index (χ1v) is 5.28. The molecule has 15 heavy (non-hydrogen) atoms. The summed E-state index contributed by atoms with van der Waals surface area (Å²) in [4.78, 5) is 0. The lowest BCUT2D eigenvalue weighted by Crippen LogP contribution is -2.29. The molecule has 1 heterocycles. The number of benzene rings is 1. The third-order valence-corrected chi connectivity index (χ3v) is 2.71. The molecule has 0 aromatic heterocycles. The first-order chi connectivity index (χ1) is 7.25. The number of hydrogen-bond donors (Lipinski definition) is 3. The molecule has 1 aliphatic rings. The second-order valence-corrected chi connectivity index (χ2v) is 3.91. The Labute approximate surface area is 88.9 Å². The molecular weight excluding hydrogens is 193 g/mol. The van der Waals surface area contributed by atoms with Crippen LogP contribution in [0, 0.1) is 5.82 Å². The van der Waals surface area contributed by atoms with E-state index >= 15 is 0 Å². The van der Waals surface area contributed by atoms with Gasteiger partial charge in [-0.05, 0) is 37.6 Å². The van der Waals surface area contributed by atoms with E-state index in [2.05, 4.69) is 10.6 Å². The second kappa shape index (κ2) is 4.49. The van der Waals surface area contributed by atoms with Crippen LogP contribution in [0.2, 0.25) is 0 Å². The molecular formula is C11H16FN3. The average molecular weight is 209 g/mol. The van der Waals surface area contributed by atoms with Crippen molar-refractivity contribution in [2.45, 2.75) is 18.9 Å². The molecule has 1 aliphatic heterocycles. The first-order valence-electron chi connectivity index (χ1n) is 5.28. The third kappa shape index (κ3) is 2.59. The largest absolute Gasteiger partial charge is 0.397 e. The Hall–Kier alpha value is -1.29. The van der Waals surface area contributed by atoms with Crippen LogP contribution in [0.3, 0.4) is 0 Å². The van der Waals surface area contributed by atoms with E-state index in [0.29, 0.717) is 11.7 Å². The summed E-state index contributed by atoms with van der Waals surface area (Å²) in [6, 6.07) is 4.94. The fourth-order valence-electron chi connectivity index (χ4n) is 1.86. The van der Waals surface area contributed by atoms with Crippen molar-refractivity contribution in [2.24, 2.45) is 0 Å². The van der Waals surface area contributed by atoms with Gasteiger partial charge in [0.15, 0.2) is 0 Å². The Kier molecular flexibility index (Phi) is 3.06. The molecule has 1 saturated heterocycles. The van der Waals surface area contributed by atoms with E-state index in [9.17, 15) is 4.39 Å². The Morgan fingerprint density at radius 2 is 2.40 bits per heavy atom. The van der Waals surface area contributed by atoms with Gasteiger partial charge in [0, 0.05) is 12.6 Å². The quantitative estimate of drug-likeness (QED) is 0.662. The predicted molar refractivity (Wildman–Crippen MR) is 60.3 cm³/mol. The van der Waals surface area contributed by atoms with Gasteiger partial charge in [-0.3, -0.25) is 0 Å². The summed E-state index contributed by atoms with van der Waals surface area (Å²) in [6.07, 6.45) is 2.42. The fraction of sp³-hybridized carbons (Fsp3) is 0.455. The zero-order chi connectivity index (χ0) is 10.7. The van der Waals surface area contributed by atoms with Crippen molar-refractivity contribution in [3.63, 3.8) is 0 Å². The van der Waals surface area contributed by atoms with Gasteiger partial charge in [0.05, 0.1) is 11.4 Å². The number of halogens is 1. The molecule has 82 valence electrons. The van der Waals surface area contributed by atoms with Gasteiger partial charge < -0.3 is 16.4 Å². The molecule has 1 fully saturated rings.